The van der Waals surface area contributed by atoms with Gasteiger partial charge in [0.2, 0.25) is 0 Å². The average Bonchev–Trinajstić information content (AvgIpc) is 3.16. The van der Waals surface area contributed by atoms with E-state index < -0.39 is 15.7 Å². The maximum absolute atomic E-state index is 12.8. The Morgan fingerprint density at radius 3 is 2.39 bits per heavy atom. The van der Waals surface area contributed by atoms with Crippen LogP contribution in [-0.4, -0.2) is 31.1 Å². The molecule has 3 aromatic carbocycles. The summed E-state index contributed by atoms with van der Waals surface area (Å²) in [6.07, 6.45) is 2.97. The lowest BCUT2D eigenvalue weighted by Crippen LogP contribution is -2.14. The summed E-state index contributed by atoms with van der Waals surface area (Å²) in [5.74, 6) is -0.785. The summed E-state index contributed by atoms with van der Waals surface area (Å²) >= 11 is 6.33. The van der Waals surface area contributed by atoms with Gasteiger partial charge in [-0.05, 0) is 54.6 Å². The van der Waals surface area contributed by atoms with Crippen LogP contribution in [0.2, 0.25) is 5.02 Å². The lowest BCUT2D eigenvalue weighted by molar-refractivity contribution is 0.101. The van der Waals surface area contributed by atoms with Crippen molar-refractivity contribution < 1.29 is 18.0 Å². The molecule has 0 aliphatic heterocycles. The van der Waals surface area contributed by atoms with E-state index in [9.17, 15) is 18.0 Å². The highest BCUT2D eigenvalue weighted by Crippen LogP contribution is 2.27. The number of sulfone groups is 1. The number of nitrogens with one attached hydrogen (secondary N) is 2. The summed E-state index contributed by atoms with van der Waals surface area (Å²) in [4.78, 5) is 25.5. The number of nitrogens with zero attached hydrogens (tertiary/aromatic N) is 1. The van der Waals surface area contributed by atoms with Crippen LogP contribution in [0, 0.1) is 0 Å². The topological polar surface area (TPSA) is 97.3 Å². The second kappa shape index (κ2) is 8.73. The molecule has 9 heteroatoms. The fourth-order valence-corrected chi connectivity index (χ4v) is 4.35. The number of aryl methyl sites for hydroxylation is 1. The van der Waals surface area contributed by atoms with Gasteiger partial charge < -0.3 is 15.2 Å². The Morgan fingerprint density at radius 1 is 0.909 bits per heavy atom. The summed E-state index contributed by atoms with van der Waals surface area (Å²) in [5.41, 5.74) is 2.46. The molecule has 1 heterocycles. The zero-order valence-corrected chi connectivity index (χ0v) is 19.4. The van der Waals surface area contributed by atoms with Crippen molar-refractivity contribution in [2.45, 2.75) is 4.90 Å². The molecule has 2 N–H and O–H groups in total. The summed E-state index contributed by atoms with van der Waals surface area (Å²) < 4.78 is 25.4. The second-order valence-electron chi connectivity index (χ2n) is 7.57. The molecule has 0 saturated carbocycles. The molecule has 0 bridgehead atoms. The van der Waals surface area contributed by atoms with Crippen LogP contribution >= 0.6 is 11.6 Å². The molecule has 33 heavy (non-hydrogen) atoms. The molecule has 0 fully saturated rings. The molecule has 0 spiro atoms. The van der Waals surface area contributed by atoms with Gasteiger partial charge in [-0.1, -0.05) is 23.7 Å². The summed E-state index contributed by atoms with van der Waals surface area (Å²) in [6, 6.07) is 17.9. The van der Waals surface area contributed by atoms with Gasteiger partial charge in [0.1, 0.15) is 0 Å². The average molecular weight is 482 g/mol. The molecule has 168 valence electrons. The molecule has 0 saturated heterocycles. The van der Waals surface area contributed by atoms with Crippen molar-refractivity contribution in [3.63, 3.8) is 0 Å². The van der Waals surface area contributed by atoms with Crippen molar-refractivity contribution in [1.82, 2.24) is 4.57 Å². The molecule has 2 amide bonds. The van der Waals surface area contributed by atoms with E-state index in [1.807, 2.05) is 36.0 Å². The zero-order valence-electron chi connectivity index (χ0n) is 17.8. The van der Waals surface area contributed by atoms with Crippen molar-refractivity contribution in [2.24, 2.45) is 7.05 Å². The van der Waals surface area contributed by atoms with Gasteiger partial charge >= 0.3 is 0 Å². The summed E-state index contributed by atoms with van der Waals surface area (Å²) in [7, 11) is -1.53. The van der Waals surface area contributed by atoms with Crippen LogP contribution in [0.5, 0.6) is 0 Å². The van der Waals surface area contributed by atoms with Gasteiger partial charge in [0, 0.05) is 47.2 Å². The van der Waals surface area contributed by atoms with Crippen molar-refractivity contribution >= 4 is 55.5 Å². The lowest BCUT2D eigenvalue weighted by atomic mass is 10.1. The maximum Gasteiger partial charge on any atom is 0.256 e. The van der Waals surface area contributed by atoms with E-state index in [0.717, 1.165) is 17.2 Å². The lowest BCUT2D eigenvalue weighted by Gasteiger charge is -2.11. The molecule has 0 radical (unpaired) electrons. The Bertz CT molecular complexity index is 1510. The normalized spacial score (nSPS) is 11.4. The minimum Gasteiger partial charge on any atom is -0.351 e. The van der Waals surface area contributed by atoms with Gasteiger partial charge in [-0.25, -0.2) is 8.42 Å². The van der Waals surface area contributed by atoms with Gasteiger partial charge in [0.15, 0.2) is 9.84 Å². The predicted molar refractivity (Wildman–Crippen MR) is 130 cm³/mol. The standard InChI is InChI=1S/C24H20ClN3O4S/c1-28-12-11-18-19(7-4-8-22(18)28)24(30)26-16-9-10-21(20(25)14-16)27-23(29)15-5-3-6-17(13-15)33(2,31)32/h3-14H,1-2H3,(H,26,30)(H,27,29). The number of benzene rings is 3. The number of halogens is 1. The van der Waals surface area contributed by atoms with Crippen LogP contribution < -0.4 is 10.6 Å². The summed E-state index contributed by atoms with van der Waals surface area (Å²) in [6.45, 7) is 0. The van der Waals surface area contributed by atoms with E-state index in [-0.39, 0.29) is 21.4 Å². The summed E-state index contributed by atoms with van der Waals surface area (Å²) in [5, 5.41) is 6.55. The minimum absolute atomic E-state index is 0.0488. The third-order valence-electron chi connectivity index (χ3n) is 5.17. The Balaban J connectivity index is 1.51. The van der Waals surface area contributed by atoms with E-state index in [0.29, 0.717) is 16.9 Å². The quantitative estimate of drug-likeness (QED) is 0.430. The smallest absolute Gasteiger partial charge is 0.256 e. The minimum atomic E-state index is -3.44. The zero-order chi connectivity index (χ0) is 23.8. The molecule has 0 atom stereocenters. The van der Waals surface area contributed by atoms with Crippen molar-refractivity contribution in [3.8, 4) is 0 Å². The van der Waals surface area contributed by atoms with Crippen molar-refractivity contribution in [1.29, 1.82) is 0 Å². The largest absolute Gasteiger partial charge is 0.351 e. The number of carbonyl (C=O) groups is 2. The number of fused-ring (bicyclic) bond motifs is 1. The SMILES string of the molecule is Cn1ccc2c(C(=O)Nc3ccc(NC(=O)c4cccc(S(C)(=O)=O)c4)c(Cl)c3)cccc21. The third-order valence-corrected chi connectivity index (χ3v) is 6.60. The number of amides is 2. The van der Waals surface area contributed by atoms with Crippen LogP contribution in [0.1, 0.15) is 20.7 Å². The van der Waals surface area contributed by atoms with Crippen LogP contribution in [0.15, 0.2) is 77.8 Å². The first-order chi connectivity index (χ1) is 15.6. The Kier molecular flexibility index (Phi) is 5.97. The Labute approximate surface area is 195 Å². The van der Waals surface area contributed by atoms with E-state index in [1.165, 1.54) is 30.3 Å². The number of aromatic nitrogens is 1. The van der Waals surface area contributed by atoms with Crippen LogP contribution in [-0.2, 0) is 16.9 Å². The first-order valence-electron chi connectivity index (χ1n) is 9.90. The molecular weight excluding hydrogens is 462 g/mol. The number of rotatable bonds is 5. The molecule has 0 aliphatic rings. The fourth-order valence-electron chi connectivity index (χ4n) is 3.46. The highest BCUT2D eigenvalue weighted by atomic mass is 35.5. The van der Waals surface area contributed by atoms with Gasteiger partial charge in [0.25, 0.3) is 11.8 Å². The Morgan fingerprint density at radius 2 is 1.67 bits per heavy atom. The van der Waals surface area contributed by atoms with Gasteiger partial charge in [0.05, 0.1) is 15.6 Å². The first kappa shape index (κ1) is 22.6. The van der Waals surface area contributed by atoms with Crippen LogP contribution in [0.25, 0.3) is 10.9 Å². The van der Waals surface area contributed by atoms with E-state index in [4.69, 9.17) is 11.6 Å². The van der Waals surface area contributed by atoms with Crippen molar-refractivity contribution in [3.05, 3.63) is 89.1 Å². The van der Waals surface area contributed by atoms with Crippen LogP contribution in [0.4, 0.5) is 11.4 Å². The highest BCUT2D eigenvalue weighted by Gasteiger charge is 2.15. The van der Waals surface area contributed by atoms with Gasteiger partial charge in [-0.15, -0.1) is 0 Å². The Hall–Kier alpha value is -3.62. The molecule has 0 aliphatic carbocycles. The molecule has 4 rings (SSSR count). The molecular formula is C24H20ClN3O4S. The second-order valence-corrected chi connectivity index (χ2v) is 9.99. The number of hydrogen-bond acceptors (Lipinski definition) is 4. The fraction of sp³-hybridized carbons (Fsp3) is 0.0833. The molecule has 4 aromatic rings. The third kappa shape index (κ3) is 4.76. The van der Waals surface area contributed by atoms with Crippen molar-refractivity contribution in [2.75, 3.05) is 16.9 Å². The number of carbonyl (C=O) groups excluding carboxylic acids is 2. The maximum atomic E-state index is 12.8. The first-order valence-corrected chi connectivity index (χ1v) is 12.2. The molecule has 1 aromatic heterocycles. The van der Waals surface area contributed by atoms with E-state index in [1.54, 1.807) is 18.2 Å². The number of hydrogen-bond donors (Lipinski definition) is 2. The van der Waals surface area contributed by atoms with Crippen LogP contribution in [0.3, 0.4) is 0 Å². The predicted octanol–water partition coefficient (Wildman–Crippen LogP) is 4.74. The van der Waals surface area contributed by atoms with E-state index >= 15 is 0 Å². The van der Waals surface area contributed by atoms with E-state index in [2.05, 4.69) is 10.6 Å². The van der Waals surface area contributed by atoms with Gasteiger partial charge in [-0.2, -0.15) is 0 Å². The number of anilines is 2. The molecule has 7 nitrogen and oxygen atoms in total. The highest BCUT2D eigenvalue weighted by molar-refractivity contribution is 7.90. The monoisotopic (exact) mass is 481 g/mol. The van der Waals surface area contributed by atoms with Gasteiger partial charge in [-0.3, -0.25) is 9.59 Å². The molecule has 0 unspecified atom stereocenters.